The van der Waals surface area contributed by atoms with Gasteiger partial charge in [0.25, 0.3) is 0 Å². The average Bonchev–Trinajstić information content (AvgIpc) is 3.09. The molecule has 12 heteroatoms. The van der Waals surface area contributed by atoms with Crippen LogP contribution >= 0.6 is 34.8 Å². The predicted octanol–water partition coefficient (Wildman–Crippen LogP) is 6.70. The Hall–Kier alpha value is -2.23. The van der Waals surface area contributed by atoms with Crippen LogP contribution in [0.1, 0.15) is 19.5 Å². The molecule has 0 saturated carbocycles. The molecular formula is C19H15Cl3F4N2O3. The first kappa shape index (κ1) is 25.0. The number of imidazole rings is 1. The van der Waals surface area contributed by atoms with Gasteiger partial charge in [0.05, 0.1) is 23.4 Å². The maximum absolute atomic E-state index is 14.6. The van der Waals surface area contributed by atoms with Gasteiger partial charge < -0.3 is 9.47 Å². The van der Waals surface area contributed by atoms with E-state index in [4.69, 9.17) is 39.5 Å². The average molecular weight is 502 g/mol. The number of carbonyl (C=O) groups excluding carboxylic acids is 1. The van der Waals surface area contributed by atoms with Crippen LogP contribution < -0.4 is 4.74 Å². The molecule has 0 amide bonds. The molecule has 0 spiro atoms. The lowest BCUT2D eigenvalue weighted by molar-refractivity contribution is -0.143. The van der Waals surface area contributed by atoms with Crippen molar-refractivity contribution in [2.75, 3.05) is 13.7 Å². The van der Waals surface area contributed by atoms with Crippen LogP contribution in [0.2, 0.25) is 15.2 Å². The predicted molar refractivity (Wildman–Crippen MR) is 109 cm³/mol. The molecule has 2 heterocycles. The maximum Gasteiger partial charge on any atom is 0.431 e. The molecule has 0 N–H and O–H groups in total. The summed E-state index contributed by atoms with van der Waals surface area (Å²) < 4.78 is 65.0. The van der Waals surface area contributed by atoms with Crippen LogP contribution in [0.5, 0.6) is 5.75 Å². The first-order chi connectivity index (χ1) is 14.5. The number of nitrogens with zero attached hydrogens (tertiary/aromatic N) is 2. The number of fused-ring (bicyclic) bond motifs is 1. The Morgan fingerprint density at radius 3 is 2.35 bits per heavy atom. The number of halogens is 7. The SMILES string of the molecule is CC.COC(=O)COc1cc(-c2c(Cl)cc(C(F)(F)F)n3c(Cl)cnc23)c(F)cc1Cl. The number of hydrogen-bond acceptors (Lipinski definition) is 4. The number of pyridine rings is 1. The van der Waals surface area contributed by atoms with Crippen molar-refractivity contribution in [1.82, 2.24) is 9.38 Å². The molecule has 3 rings (SSSR count). The van der Waals surface area contributed by atoms with Crippen LogP contribution in [-0.2, 0) is 15.7 Å². The van der Waals surface area contributed by atoms with Gasteiger partial charge in [0.1, 0.15) is 28.1 Å². The summed E-state index contributed by atoms with van der Waals surface area (Å²) in [6.07, 6.45) is -3.81. The van der Waals surface area contributed by atoms with E-state index in [1.165, 1.54) is 0 Å². The van der Waals surface area contributed by atoms with Crippen molar-refractivity contribution >= 4 is 46.4 Å². The Kier molecular flexibility index (Phi) is 8.02. The highest BCUT2D eigenvalue weighted by atomic mass is 35.5. The van der Waals surface area contributed by atoms with Crippen LogP contribution in [0.3, 0.4) is 0 Å². The zero-order valence-corrected chi connectivity index (χ0v) is 18.5. The first-order valence-corrected chi connectivity index (χ1v) is 9.79. The van der Waals surface area contributed by atoms with E-state index in [2.05, 4.69) is 9.72 Å². The van der Waals surface area contributed by atoms with Gasteiger partial charge in [-0.1, -0.05) is 48.7 Å². The standard InChI is InChI=1S/C17H9Cl3F4N2O3.C2H6/c1-28-14(27)6-29-11-2-7(10(21)3-8(11)18)15-9(19)4-12(17(22,23)24)26-13(20)5-25-16(15)26;1-2/h2-5H,6H2,1H3;1-2H3. The smallest absolute Gasteiger partial charge is 0.431 e. The fourth-order valence-corrected chi connectivity index (χ4v) is 3.30. The molecule has 0 radical (unpaired) electrons. The number of benzene rings is 1. The van der Waals surface area contributed by atoms with Gasteiger partial charge in [-0.25, -0.2) is 14.2 Å². The molecule has 0 aliphatic carbocycles. The second-order valence-electron chi connectivity index (χ2n) is 5.62. The molecule has 0 fully saturated rings. The van der Waals surface area contributed by atoms with Gasteiger partial charge in [0.15, 0.2) is 6.61 Å². The summed E-state index contributed by atoms with van der Waals surface area (Å²) in [7, 11) is 1.14. The summed E-state index contributed by atoms with van der Waals surface area (Å²) in [5, 5.41) is -0.940. The lowest BCUT2D eigenvalue weighted by atomic mass is 10.0. The summed E-state index contributed by atoms with van der Waals surface area (Å²) in [6.45, 7) is 3.48. The number of methoxy groups -OCH3 is 1. The Bertz CT molecular complexity index is 1120. The fraction of sp³-hybridized carbons (Fsp3) is 0.263. The molecule has 0 atom stereocenters. The molecule has 31 heavy (non-hydrogen) atoms. The second kappa shape index (κ2) is 9.93. The monoisotopic (exact) mass is 500 g/mol. The topological polar surface area (TPSA) is 52.8 Å². The molecule has 1 aromatic carbocycles. The maximum atomic E-state index is 14.6. The zero-order valence-electron chi connectivity index (χ0n) is 16.3. The van der Waals surface area contributed by atoms with Crippen LogP contribution in [0.4, 0.5) is 17.6 Å². The third-order valence-corrected chi connectivity index (χ3v) is 4.70. The Morgan fingerprint density at radius 2 is 1.77 bits per heavy atom. The van der Waals surface area contributed by atoms with E-state index in [1.54, 1.807) is 0 Å². The molecule has 0 saturated heterocycles. The largest absolute Gasteiger partial charge is 0.480 e. The molecule has 0 aliphatic heterocycles. The van der Waals surface area contributed by atoms with Gasteiger partial charge in [-0.05, 0) is 18.2 Å². The van der Waals surface area contributed by atoms with Gasteiger partial charge in [0, 0.05) is 11.1 Å². The molecule has 168 valence electrons. The highest BCUT2D eigenvalue weighted by molar-refractivity contribution is 6.35. The van der Waals surface area contributed by atoms with E-state index in [0.29, 0.717) is 10.5 Å². The van der Waals surface area contributed by atoms with Crippen molar-refractivity contribution in [3.8, 4) is 16.9 Å². The van der Waals surface area contributed by atoms with Gasteiger partial charge >= 0.3 is 12.1 Å². The van der Waals surface area contributed by atoms with Gasteiger partial charge in [-0.15, -0.1) is 0 Å². The number of rotatable bonds is 4. The highest BCUT2D eigenvalue weighted by Crippen LogP contribution is 2.42. The van der Waals surface area contributed by atoms with Crippen LogP contribution in [0.15, 0.2) is 24.4 Å². The van der Waals surface area contributed by atoms with E-state index >= 15 is 0 Å². The lowest BCUT2D eigenvalue weighted by Gasteiger charge is -2.16. The summed E-state index contributed by atoms with van der Waals surface area (Å²) in [5.74, 6) is -1.73. The summed E-state index contributed by atoms with van der Waals surface area (Å²) in [6, 6.07) is 2.58. The molecular weight excluding hydrogens is 487 g/mol. The lowest BCUT2D eigenvalue weighted by Crippen LogP contribution is -2.13. The van der Waals surface area contributed by atoms with E-state index in [0.717, 1.165) is 25.4 Å². The van der Waals surface area contributed by atoms with Crippen LogP contribution in [-0.4, -0.2) is 29.1 Å². The summed E-state index contributed by atoms with van der Waals surface area (Å²) in [5.41, 5.74) is -1.92. The third kappa shape index (κ3) is 5.16. The Morgan fingerprint density at radius 1 is 1.13 bits per heavy atom. The number of alkyl halides is 3. The van der Waals surface area contributed by atoms with Crippen LogP contribution in [0, 0.1) is 5.82 Å². The minimum atomic E-state index is -4.79. The van der Waals surface area contributed by atoms with Crippen molar-refractivity contribution in [3.05, 3.63) is 51.1 Å². The second-order valence-corrected chi connectivity index (χ2v) is 6.82. The first-order valence-electron chi connectivity index (χ1n) is 8.66. The number of esters is 1. The minimum absolute atomic E-state index is 0.111. The van der Waals surface area contributed by atoms with E-state index in [1.807, 2.05) is 13.8 Å². The molecule has 0 bridgehead atoms. The molecule has 3 aromatic rings. The van der Waals surface area contributed by atoms with Crippen molar-refractivity contribution in [3.63, 3.8) is 0 Å². The summed E-state index contributed by atoms with van der Waals surface area (Å²) in [4.78, 5) is 15.1. The van der Waals surface area contributed by atoms with Gasteiger partial charge in [0.2, 0.25) is 0 Å². The third-order valence-electron chi connectivity index (χ3n) is 3.84. The number of ether oxygens (including phenoxy) is 2. The molecule has 2 aromatic heterocycles. The number of aromatic nitrogens is 2. The highest BCUT2D eigenvalue weighted by Gasteiger charge is 2.36. The minimum Gasteiger partial charge on any atom is -0.480 e. The fourth-order valence-electron chi connectivity index (χ4n) is 2.58. The molecule has 0 unspecified atom stereocenters. The Labute approximate surface area is 189 Å². The normalized spacial score (nSPS) is 11.2. The Balaban J connectivity index is 0.00000166. The molecule has 0 aliphatic rings. The number of carbonyl (C=O) groups is 1. The zero-order chi connectivity index (χ0) is 23.5. The van der Waals surface area contributed by atoms with Crippen LogP contribution in [0.25, 0.3) is 16.8 Å². The van der Waals surface area contributed by atoms with Crippen molar-refractivity contribution in [2.45, 2.75) is 20.0 Å². The summed E-state index contributed by atoms with van der Waals surface area (Å²) >= 11 is 17.8. The van der Waals surface area contributed by atoms with Gasteiger partial charge in [-0.2, -0.15) is 13.2 Å². The van der Waals surface area contributed by atoms with Crippen molar-refractivity contribution < 1.29 is 31.8 Å². The van der Waals surface area contributed by atoms with E-state index in [9.17, 15) is 22.4 Å². The van der Waals surface area contributed by atoms with Crippen molar-refractivity contribution in [1.29, 1.82) is 0 Å². The van der Waals surface area contributed by atoms with E-state index in [-0.39, 0.29) is 32.7 Å². The van der Waals surface area contributed by atoms with Gasteiger partial charge in [-0.3, -0.25) is 4.40 Å². The van der Waals surface area contributed by atoms with E-state index < -0.39 is 35.3 Å². The number of hydrogen-bond donors (Lipinski definition) is 0. The van der Waals surface area contributed by atoms with Crippen molar-refractivity contribution in [2.24, 2.45) is 0 Å². The quantitative estimate of drug-likeness (QED) is 0.295. The molecule has 5 nitrogen and oxygen atoms in total.